The Bertz CT molecular complexity index is 761. The number of nitrogens with zero attached hydrogens (tertiary/aromatic N) is 2. The Hall–Kier alpha value is -2.32. The van der Waals surface area contributed by atoms with Crippen molar-refractivity contribution >= 4 is 28.3 Å². The molecule has 1 aliphatic carbocycles. The number of benzene rings is 1. The summed E-state index contributed by atoms with van der Waals surface area (Å²) in [6.45, 7) is 1.93. The second kappa shape index (κ2) is 8.37. The summed E-state index contributed by atoms with van der Waals surface area (Å²) < 4.78 is 0. The molecule has 0 aliphatic heterocycles. The van der Waals surface area contributed by atoms with Crippen LogP contribution in [-0.4, -0.2) is 33.2 Å². The number of aliphatic hydroxyl groups is 1. The molecule has 0 spiro atoms. The minimum atomic E-state index is -1.31. The maximum atomic E-state index is 12.5. The largest absolute Gasteiger partial charge is 0.378 e. The predicted octanol–water partition coefficient (Wildman–Crippen LogP) is 2.37. The van der Waals surface area contributed by atoms with Gasteiger partial charge in [-0.05, 0) is 24.8 Å². The maximum Gasteiger partial charge on any atom is 0.254 e. The monoisotopic (exact) mass is 374 g/mol. The topological polar surface area (TPSA) is 104 Å². The zero-order chi connectivity index (χ0) is 18.5. The average Bonchev–Trinajstić information content (AvgIpc) is 3.41. The molecular formula is C18H22N4O3S. The van der Waals surface area contributed by atoms with Gasteiger partial charge in [0.1, 0.15) is 11.0 Å². The molecule has 0 bridgehead atoms. The number of amides is 2. The molecule has 1 heterocycles. The van der Waals surface area contributed by atoms with E-state index in [4.69, 9.17) is 0 Å². The summed E-state index contributed by atoms with van der Waals surface area (Å²) in [5, 5.41) is 25.0. The Balaban J connectivity index is 1.61. The quantitative estimate of drug-likeness (QED) is 0.658. The van der Waals surface area contributed by atoms with Crippen molar-refractivity contribution in [3.05, 3.63) is 40.9 Å². The maximum absolute atomic E-state index is 12.5. The van der Waals surface area contributed by atoms with E-state index >= 15 is 0 Å². The van der Waals surface area contributed by atoms with Crippen LogP contribution >= 0.6 is 11.3 Å². The Morgan fingerprint density at radius 1 is 1.23 bits per heavy atom. The zero-order valence-electron chi connectivity index (χ0n) is 14.5. The van der Waals surface area contributed by atoms with E-state index in [0.717, 1.165) is 17.8 Å². The number of anilines is 1. The van der Waals surface area contributed by atoms with E-state index < -0.39 is 18.1 Å². The van der Waals surface area contributed by atoms with Gasteiger partial charge in [-0.1, -0.05) is 55.0 Å². The molecule has 2 unspecified atom stereocenters. The minimum Gasteiger partial charge on any atom is -0.378 e. The lowest BCUT2D eigenvalue weighted by molar-refractivity contribution is -0.133. The average molecular weight is 374 g/mol. The van der Waals surface area contributed by atoms with E-state index in [1.807, 2.05) is 6.92 Å². The van der Waals surface area contributed by atoms with E-state index in [-0.39, 0.29) is 5.91 Å². The fraction of sp³-hybridized carbons (Fsp3) is 0.444. The van der Waals surface area contributed by atoms with Gasteiger partial charge in [0.05, 0.1) is 0 Å². The third-order valence-corrected chi connectivity index (χ3v) is 5.17. The number of aliphatic hydroxyl groups excluding tert-OH is 1. The van der Waals surface area contributed by atoms with Crippen molar-refractivity contribution in [3.8, 4) is 0 Å². The van der Waals surface area contributed by atoms with Crippen LogP contribution in [0.2, 0.25) is 0 Å². The van der Waals surface area contributed by atoms with Gasteiger partial charge in [-0.15, -0.1) is 10.2 Å². The molecule has 3 rings (SSSR count). The molecule has 1 aromatic carbocycles. The van der Waals surface area contributed by atoms with Crippen LogP contribution in [0.1, 0.15) is 55.2 Å². The highest BCUT2D eigenvalue weighted by molar-refractivity contribution is 7.15. The first kappa shape index (κ1) is 18.5. The van der Waals surface area contributed by atoms with Crippen molar-refractivity contribution in [1.82, 2.24) is 15.5 Å². The summed E-state index contributed by atoms with van der Waals surface area (Å²) in [7, 11) is 0. The van der Waals surface area contributed by atoms with Crippen LogP contribution in [-0.2, 0) is 9.59 Å². The highest BCUT2D eigenvalue weighted by Crippen LogP contribution is 2.42. The van der Waals surface area contributed by atoms with Crippen molar-refractivity contribution in [2.24, 2.45) is 0 Å². The molecule has 2 amide bonds. The lowest BCUT2D eigenvalue weighted by atomic mass is 10.1. The normalized spacial score (nSPS) is 15.9. The molecule has 8 heteroatoms. The molecule has 0 radical (unpaired) electrons. The van der Waals surface area contributed by atoms with Crippen LogP contribution in [0.15, 0.2) is 30.3 Å². The molecule has 26 heavy (non-hydrogen) atoms. The summed E-state index contributed by atoms with van der Waals surface area (Å²) in [5.74, 6) is -0.468. The standard InChI is InChI=1S/C18H22N4O3S/c1-2-6-13(19-16(25)14(23)11-7-4-3-5-8-11)15(24)20-18-22-21-17(26-18)12-9-10-12/h3-5,7-8,12-14,23H,2,6,9-10H2,1H3,(H,19,25)(H,20,22,24). The number of aromatic nitrogens is 2. The summed E-state index contributed by atoms with van der Waals surface area (Å²) in [5.41, 5.74) is 0.485. The van der Waals surface area contributed by atoms with Crippen LogP contribution < -0.4 is 10.6 Å². The van der Waals surface area contributed by atoms with E-state index in [1.165, 1.54) is 11.3 Å². The van der Waals surface area contributed by atoms with Gasteiger partial charge in [0.15, 0.2) is 6.10 Å². The molecule has 0 saturated heterocycles. The van der Waals surface area contributed by atoms with Gasteiger partial charge in [0, 0.05) is 5.92 Å². The summed E-state index contributed by atoms with van der Waals surface area (Å²) in [4.78, 5) is 24.8. The van der Waals surface area contributed by atoms with E-state index in [2.05, 4.69) is 20.8 Å². The molecule has 3 N–H and O–H groups in total. The predicted molar refractivity (Wildman–Crippen MR) is 98.8 cm³/mol. The van der Waals surface area contributed by atoms with Crippen molar-refractivity contribution in [1.29, 1.82) is 0 Å². The van der Waals surface area contributed by atoms with Gasteiger partial charge >= 0.3 is 0 Å². The third-order valence-electron chi connectivity index (χ3n) is 4.17. The molecule has 1 aromatic heterocycles. The molecule has 1 fully saturated rings. The molecular weight excluding hydrogens is 352 g/mol. The fourth-order valence-corrected chi connectivity index (χ4v) is 3.48. The molecule has 7 nitrogen and oxygen atoms in total. The summed E-state index contributed by atoms with van der Waals surface area (Å²) >= 11 is 1.37. The van der Waals surface area contributed by atoms with Crippen molar-refractivity contribution < 1.29 is 14.7 Å². The summed E-state index contributed by atoms with van der Waals surface area (Å²) in [6, 6.07) is 7.89. The van der Waals surface area contributed by atoms with Crippen LogP contribution in [0.4, 0.5) is 5.13 Å². The zero-order valence-corrected chi connectivity index (χ0v) is 15.3. The number of carbonyl (C=O) groups is 2. The number of rotatable bonds is 8. The summed E-state index contributed by atoms with van der Waals surface area (Å²) in [6.07, 6.45) is 2.10. The van der Waals surface area contributed by atoms with Crippen molar-refractivity contribution in [3.63, 3.8) is 0 Å². The number of carbonyl (C=O) groups excluding carboxylic acids is 2. The fourth-order valence-electron chi connectivity index (χ4n) is 2.57. The van der Waals surface area contributed by atoms with Gasteiger partial charge in [-0.3, -0.25) is 14.9 Å². The lowest BCUT2D eigenvalue weighted by Gasteiger charge is -2.19. The smallest absolute Gasteiger partial charge is 0.254 e. The second-order valence-electron chi connectivity index (χ2n) is 6.37. The van der Waals surface area contributed by atoms with Crippen LogP contribution in [0.25, 0.3) is 0 Å². The molecule has 2 aromatic rings. The van der Waals surface area contributed by atoms with Gasteiger partial charge in [-0.2, -0.15) is 0 Å². The first-order valence-electron chi connectivity index (χ1n) is 8.76. The number of hydrogen-bond acceptors (Lipinski definition) is 6. The Morgan fingerprint density at radius 3 is 2.62 bits per heavy atom. The van der Waals surface area contributed by atoms with Crippen LogP contribution in [0.5, 0.6) is 0 Å². The molecule has 1 saturated carbocycles. The molecule has 2 atom stereocenters. The van der Waals surface area contributed by atoms with Crippen molar-refractivity contribution in [2.45, 2.75) is 50.7 Å². The Morgan fingerprint density at radius 2 is 1.96 bits per heavy atom. The molecule has 1 aliphatic rings. The highest BCUT2D eigenvalue weighted by atomic mass is 32.1. The van der Waals surface area contributed by atoms with E-state index in [9.17, 15) is 14.7 Å². The third kappa shape index (κ3) is 4.64. The Labute approximate surface area is 155 Å². The van der Waals surface area contributed by atoms with E-state index in [0.29, 0.717) is 29.5 Å². The lowest BCUT2D eigenvalue weighted by Crippen LogP contribution is -2.45. The van der Waals surface area contributed by atoms with Crippen LogP contribution in [0.3, 0.4) is 0 Å². The first-order valence-corrected chi connectivity index (χ1v) is 9.57. The SMILES string of the molecule is CCCC(NC(=O)C(O)c1ccccc1)C(=O)Nc1nnc(C2CC2)s1. The Kier molecular flexibility index (Phi) is 5.95. The minimum absolute atomic E-state index is 0.348. The van der Waals surface area contributed by atoms with Gasteiger partial charge in [0.2, 0.25) is 11.0 Å². The first-order chi connectivity index (χ1) is 12.6. The van der Waals surface area contributed by atoms with Gasteiger partial charge in [0.25, 0.3) is 5.91 Å². The van der Waals surface area contributed by atoms with Gasteiger partial charge < -0.3 is 10.4 Å². The van der Waals surface area contributed by atoms with Crippen molar-refractivity contribution in [2.75, 3.05) is 5.32 Å². The number of hydrogen-bond donors (Lipinski definition) is 3. The highest BCUT2D eigenvalue weighted by Gasteiger charge is 2.29. The molecule has 138 valence electrons. The second-order valence-corrected chi connectivity index (χ2v) is 7.38. The van der Waals surface area contributed by atoms with Crippen LogP contribution in [0, 0.1) is 0 Å². The van der Waals surface area contributed by atoms with E-state index in [1.54, 1.807) is 30.3 Å². The van der Waals surface area contributed by atoms with Gasteiger partial charge in [-0.25, -0.2) is 0 Å². The number of nitrogens with one attached hydrogen (secondary N) is 2.